The Morgan fingerprint density at radius 2 is 1.74 bits per heavy atom. The van der Waals surface area contributed by atoms with E-state index in [0.29, 0.717) is 10.9 Å². The largest absolute Gasteiger partial charge is 0.449 e. The van der Waals surface area contributed by atoms with E-state index in [1.807, 2.05) is 48.5 Å². The van der Waals surface area contributed by atoms with Crippen LogP contribution in [-0.4, -0.2) is 50.7 Å². The highest BCUT2D eigenvalue weighted by atomic mass is 16.6. The molecule has 1 aliphatic rings. The van der Waals surface area contributed by atoms with E-state index in [0.717, 1.165) is 22.3 Å². The van der Waals surface area contributed by atoms with Crippen molar-refractivity contribution in [3.63, 3.8) is 0 Å². The molecule has 0 aliphatic heterocycles. The van der Waals surface area contributed by atoms with E-state index in [1.165, 1.54) is 18.2 Å². The molecule has 178 valence electrons. The monoisotopic (exact) mass is 474 g/mol. The van der Waals surface area contributed by atoms with Gasteiger partial charge in [-0.15, -0.1) is 0 Å². The van der Waals surface area contributed by atoms with Gasteiger partial charge in [0.15, 0.2) is 0 Å². The van der Waals surface area contributed by atoms with Crippen LogP contribution in [0.15, 0.2) is 66.7 Å². The molecule has 35 heavy (non-hydrogen) atoms. The van der Waals surface area contributed by atoms with Crippen LogP contribution >= 0.6 is 0 Å². The zero-order valence-corrected chi connectivity index (χ0v) is 18.4. The summed E-state index contributed by atoms with van der Waals surface area (Å²) in [5.74, 6) is -0.101. The van der Waals surface area contributed by atoms with Crippen LogP contribution in [0.2, 0.25) is 0 Å². The molecule has 1 aromatic heterocycles. The number of aliphatic hydroxyl groups excluding tert-OH is 2. The van der Waals surface area contributed by atoms with Crippen LogP contribution in [0, 0.1) is 10.1 Å². The number of nitro benzene ring substituents is 1. The first kappa shape index (κ1) is 22.5. The number of aromatic amines is 1. The summed E-state index contributed by atoms with van der Waals surface area (Å²) in [6.07, 6.45) is -3.60. The molecular weight excluding hydrogens is 452 g/mol. The van der Waals surface area contributed by atoms with Gasteiger partial charge in [-0.3, -0.25) is 15.2 Å². The van der Waals surface area contributed by atoms with Crippen molar-refractivity contribution in [2.24, 2.45) is 0 Å². The molecule has 2 atom stereocenters. The van der Waals surface area contributed by atoms with E-state index < -0.39 is 23.2 Å². The quantitative estimate of drug-likeness (QED) is 0.237. The van der Waals surface area contributed by atoms with Crippen LogP contribution < -0.4 is 5.32 Å². The summed E-state index contributed by atoms with van der Waals surface area (Å²) < 4.78 is 5.43. The summed E-state index contributed by atoms with van der Waals surface area (Å²) in [7, 11) is 0. The Morgan fingerprint density at radius 1 is 1.09 bits per heavy atom. The number of fused-ring (bicyclic) bond motifs is 4. The van der Waals surface area contributed by atoms with Gasteiger partial charge in [-0.05, 0) is 28.3 Å². The fraction of sp³-hybridized carbons (Fsp3) is 0.200. The molecule has 4 aromatic rings. The van der Waals surface area contributed by atoms with Gasteiger partial charge >= 0.3 is 6.09 Å². The number of nitrogens with one attached hydrogen (secondary N) is 2. The number of carbonyl (C=O) groups is 1. The first-order valence-corrected chi connectivity index (χ1v) is 11.0. The normalized spacial score (nSPS) is 14.2. The number of alkyl carbamates (subject to hydrolysis) is 1. The third-order valence-corrected chi connectivity index (χ3v) is 6.24. The number of carbonyl (C=O) groups excluding carboxylic acids is 1. The molecule has 0 saturated heterocycles. The standard InChI is InChI=1S/C25H22N4O6/c30-22(24(31)23-19-11-14(29(33)34)9-10-21(19)27-28-23)12-26-25(32)35-13-20-17-7-3-1-5-15(17)16-6-2-4-8-18(16)20/h1-11,20,22,24,30-31H,12-13H2,(H,26,32)(H,27,28). The van der Waals surface area contributed by atoms with Gasteiger partial charge in [0.2, 0.25) is 0 Å². The van der Waals surface area contributed by atoms with Crippen LogP contribution in [-0.2, 0) is 4.74 Å². The number of non-ortho nitro benzene ring substituents is 1. The molecule has 4 N–H and O–H groups in total. The van der Waals surface area contributed by atoms with Crippen molar-refractivity contribution in [3.8, 4) is 11.1 Å². The van der Waals surface area contributed by atoms with Crippen molar-refractivity contribution in [2.45, 2.75) is 18.1 Å². The number of hydrogen-bond acceptors (Lipinski definition) is 7. The van der Waals surface area contributed by atoms with Crippen LogP contribution in [0.5, 0.6) is 0 Å². The Morgan fingerprint density at radius 3 is 2.40 bits per heavy atom. The lowest BCUT2D eigenvalue weighted by Crippen LogP contribution is -2.36. The van der Waals surface area contributed by atoms with Crippen molar-refractivity contribution in [1.82, 2.24) is 15.5 Å². The number of amides is 1. The molecule has 0 bridgehead atoms. The average Bonchev–Trinajstić information content (AvgIpc) is 3.44. The molecule has 10 nitrogen and oxygen atoms in total. The number of ether oxygens (including phenoxy) is 1. The van der Waals surface area contributed by atoms with E-state index >= 15 is 0 Å². The lowest BCUT2D eigenvalue weighted by molar-refractivity contribution is -0.384. The molecule has 2 unspecified atom stereocenters. The van der Waals surface area contributed by atoms with E-state index in [-0.39, 0.29) is 30.5 Å². The van der Waals surface area contributed by atoms with Gasteiger partial charge in [0.1, 0.15) is 18.8 Å². The lowest BCUT2D eigenvalue weighted by atomic mass is 9.98. The van der Waals surface area contributed by atoms with Gasteiger partial charge in [-0.2, -0.15) is 5.10 Å². The maximum Gasteiger partial charge on any atom is 0.407 e. The van der Waals surface area contributed by atoms with Crippen LogP contribution in [0.3, 0.4) is 0 Å². The second kappa shape index (κ2) is 9.16. The van der Waals surface area contributed by atoms with Gasteiger partial charge in [-0.25, -0.2) is 4.79 Å². The fourth-order valence-corrected chi connectivity index (χ4v) is 4.50. The Hall–Kier alpha value is -4.28. The maximum absolute atomic E-state index is 12.3. The fourth-order valence-electron chi connectivity index (χ4n) is 4.50. The van der Waals surface area contributed by atoms with Crippen molar-refractivity contribution >= 4 is 22.7 Å². The van der Waals surface area contributed by atoms with E-state index in [4.69, 9.17) is 4.74 Å². The van der Waals surface area contributed by atoms with Crippen molar-refractivity contribution in [3.05, 3.63) is 93.7 Å². The Labute approximate surface area is 199 Å². The molecule has 1 aliphatic carbocycles. The molecule has 1 heterocycles. The van der Waals surface area contributed by atoms with Gasteiger partial charge in [0.25, 0.3) is 5.69 Å². The molecule has 0 saturated carbocycles. The molecule has 0 radical (unpaired) electrons. The summed E-state index contributed by atoms with van der Waals surface area (Å²) in [5.41, 5.74) is 4.74. The molecule has 3 aromatic carbocycles. The predicted octanol–water partition coefficient (Wildman–Crippen LogP) is 3.40. The van der Waals surface area contributed by atoms with Gasteiger partial charge < -0.3 is 20.3 Å². The Bertz CT molecular complexity index is 1370. The molecule has 10 heteroatoms. The number of hydrogen-bond donors (Lipinski definition) is 4. The van der Waals surface area contributed by atoms with Crippen molar-refractivity contribution < 1.29 is 24.7 Å². The van der Waals surface area contributed by atoms with Crippen LogP contribution in [0.4, 0.5) is 10.5 Å². The Balaban J connectivity index is 1.21. The van der Waals surface area contributed by atoms with E-state index in [9.17, 15) is 25.1 Å². The first-order chi connectivity index (χ1) is 16.9. The Kier molecular flexibility index (Phi) is 5.89. The summed E-state index contributed by atoms with van der Waals surface area (Å²) >= 11 is 0. The summed E-state index contributed by atoms with van der Waals surface area (Å²) in [5, 5.41) is 41.4. The highest BCUT2D eigenvalue weighted by Crippen LogP contribution is 2.44. The van der Waals surface area contributed by atoms with Crippen molar-refractivity contribution in [2.75, 3.05) is 13.2 Å². The highest BCUT2D eigenvalue weighted by Gasteiger charge is 2.29. The second-order valence-corrected chi connectivity index (χ2v) is 8.31. The molecule has 1 amide bonds. The van der Waals surface area contributed by atoms with Crippen molar-refractivity contribution in [1.29, 1.82) is 0 Å². The molecular formula is C25H22N4O6. The number of aliphatic hydroxyl groups is 2. The van der Waals surface area contributed by atoms with Crippen LogP contribution in [0.1, 0.15) is 28.8 Å². The third kappa shape index (κ3) is 4.20. The number of rotatable bonds is 7. The highest BCUT2D eigenvalue weighted by molar-refractivity contribution is 5.84. The summed E-state index contributed by atoms with van der Waals surface area (Å²) in [6.45, 7) is -0.180. The zero-order chi connectivity index (χ0) is 24.5. The average molecular weight is 474 g/mol. The van der Waals surface area contributed by atoms with Gasteiger partial charge in [-0.1, -0.05) is 48.5 Å². The minimum atomic E-state index is -1.46. The van der Waals surface area contributed by atoms with E-state index in [2.05, 4.69) is 15.5 Å². The van der Waals surface area contributed by atoms with Crippen LogP contribution in [0.25, 0.3) is 22.0 Å². The van der Waals surface area contributed by atoms with Gasteiger partial charge in [0, 0.05) is 30.0 Å². The second-order valence-electron chi connectivity index (χ2n) is 8.31. The first-order valence-electron chi connectivity index (χ1n) is 11.0. The third-order valence-electron chi connectivity index (χ3n) is 6.24. The molecule has 0 spiro atoms. The predicted molar refractivity (Wildman–Crippen MR) is 127 cm³/mol. The number of nitro groups is 1. The maximum atomic E-state index is 12.3. The molecule has 0 fully saturated rings. The zero-order valence-electron chi connectivity index (χ0n) is 18.4. The SMILES string of the molecule is O=C(NCC(O)C(O)c1[nH]nc2ccc([N+](=O)[O-])cc12)OCC1c2ccccc2-c2ccccc21. The number of nitrogens with zero attached hydrogens (tertiary/aromatic N) is 2. The lowest BCUT2D eigenvalue weighted by Gasteiger charge is -2.18. The molecule has 5 rings (SSSR count). The number of aromatic nitrogens is 2. The summed E-state index contributed by atoms with van der Waals surface area (Å²) in [4.78, 5) is 22.8. The smallest absolute Gasteiger partial charge is 0.407 e. The number of H-pyrrole nitrogens is 1. The summed E-state index contributed by atoms with van der Waals surface area (Å²) in [6, 6.07) is 20.0. The topological polar surface area (TPSA) is 151 Å². The van der Waals surface area contributed by atoms with E-state index in [1.54, 1.807) is 0 Å². The minimum absolute atomic E-state index is 0.101. The number of benzene rings is 3. The minimum Gasteiger partial charge on any atom is -0.449 e. The van der Waals surface area contributed by atoms with Gasteiger partial charge in [0.05, 0.1) is 16.1 Å².